The zero-order chi connectivity index (χ0) is 13.0. The van der Waals surface area contributed by atoms with Crippen molar-refractivity contribution < 1.29 is 24.1 Å². The summed E-state index contributed by atoms with van der Waals surface area (Å²) >= 11 is 0. The minimum absolute atomic E-state index is 0.210. The van der Waals surface area contributed by atoms with Gasteiger partial charge in [-0.15, -0.1) is 0 Å². The second-order valence-corrected chi connectivity index (χ2v) is 3.85. The minimum atomic E-state index is -0.675. The molecule has 18 heavy (non-hydrogen) atoms. The lowest BCUT2D eigenvalue weighted by molar-refractivity contribution is -0.135. The lowest BCUT2D eigenvalue weighted by atomic mass is 10.1. The maximum Gasteiger partial charge on any atom is 0.307 e. The van der Waals surface area contributed by atoms with E-state index in [1.807, 2.05) is 0 Å². The maximum atomic E-state index is 10.5. The number of benzene rings is 1. The van der Waals surface area contributed by atoms with Crippen LogP contribution in [-0.2, 0) is 9.53 Å². The predicted molar refractivity (Wildman–Crippen MR) is 63.0 cm³/mol. The molecule has 0 aliphatic carbocycles. The van der Waals surface area contributed by atoms with Crippen molar-refractivity contribution in [1.82, 2.24) is 0 Å². The molecule has 1 atom stereocenters. The van der Waals surface area contributed by atoms with Crippen molar-refractivity contribution in [3.63, 3.8) is 0 Å². The number of carbonyl (C=O) groups excluding carboxylic acids is 1. The van der Waals surface area contributed by atoms with Gasteiger partial charge in [0.2, 0.25) is 6.79 Å². The zero-order valence-corrected chi connectivity index (χ0v) is 9.96. The molecule has 1 unspecified atom stereocenters. The molecule has 1 aromatic carbocycles. The standard InChI is InChI=1S/C13H14O5/c1-9(14)16-6-2-3-11(15)10-4-5-12-13(7-10)18-8-17-12/h2,4-7,11,15H,3,8H2,1H3/b6-2-. The number of aliphatic hydroxyl groups is 1. The Bertz CT molecular complexity index is 466. The summed E-state index contributed by atoms with van der Waals surface area (Å²) in [7, 11) is 0. The highest BCUT2D eigenvalue weighted by molar-refractivity contribution is 5.66. The second kappa shape index (κ2) is 5.55. The van der Waals surface area contributed by atoms with Crippen molar-refractivity contribution in [2.24, 2.45) is 0 Å². The van der Waals surface area contributed by atoms with E-state index in [-0.39, 0.29) is 12.8 Å². The van der Waals surface area contributed by atoms with Crippen LogP contribution in [0.5, 0.6) is 11.5 Å². The average molecular weight is 250 g/mol. The van der Waals surface area contributed by atoms with Crippen LogP contribution in [0.3, 0.4) is 0 Å². The fourth-order valence-corrected chi connectivity index (χ4v) is 1.58. The molecule has 0 fully saturated rings. The smallest absolute Gasteiger partial charge is 0.307 e. The van der Waals surface area contributed by atoms with Gasteiger partial charge in [0.05, 0.1) is 12.4 Å². The molecule has 0 radical (unpaired) electrons. The Morgan fingerprint density at radius 3 is 3.06 bits per heavy atom. The second-order valence-electron chi connectivity index (χ2n) is 3.85. The number of rotatable bonds is 4. The van der Waals surface area contributed by atoms with Crippen molar-refractivity contribution in [2.45, 2.75) is 19.4 Å². The summed E-state index contributed by atoms with van der Waals surface area (Å²) in [5.41, 5.74) is 0.728. The summed E-state index contributed by atoms with van der Waals surface area (Å²) in [6.07, 6.45) is 2.55. The zero-order valence-electron chi connectivity index (χ0n) is 9.96. The molecular weight excluding hydrogens is 236 g/mol. The summed E-state index contributed by atoms with van der Waals surface area (Å²) in [5, 5.41) is 9.93. The Kier molecular flexibility index (Phi) is 3.84. The first-order chi connectivity index (χ1) is 8.66. The fraction of sp³-hybridized carbons (Fsp3) is 0.308. The van der Waals surface area contributed by atoms with Gasteiger partial charge in [0.25, 0.3) is 0 Å². The lowest BCUT2D eigenvalue weighted by Crippen LogP contribution is -1.96. The van der Waals surface area contributed by atoms with Gasteiger partial charge >= 0.3 is 5.97 Å². The maximum absolute atomic E-state index is 10.5. The van der Waals surface area contributed by atoms with E-state index < -0.39 is 6.10 Å². The first-order valence-electron chi connectivity index (χ1n) is 5.56. The van der Waals surface area contributed by atoms with Crippen molar-refractivity contribution in [1.29, 1.82) is 0 Å². The van der Waals surface area contributed by atoms with Crippen LogP contribution < -0.4 is 9.47 Å². The lowest BCUT2D eigenvalue weighted by Gasteiger charge is -2.08. The van der Waals surface area contributed by atoms with Crippen molar-refractivity contribution in [2.75, 3.05) is 6.79 Å². The molecule has 2 rings (SSSR count). The van der Waals surface area contributed by atoms with E-state index in [9.17, 15) is 9.90 Å². The molecule has 96 valence electrons. The number of esters is 1. The molecule has 0 amide bonds. The molecule has 5 nitrogen and oxygen atoms in total. The molecule has 0 aromatic heterocycles. The van der Waals surface area contributed by atoms with E-state index in [4.69, 9.17) is 9.47 Å². The highest BCUT2D eigenvalue weighted by Crippen LogP contribution is 2.34. The number of fused-ring (bicyclic) bond motifs is 1. The van der Waals surface area contributed by atoms with Crippen LogP contribution in [-0.4, -0.2) is 17.9 Å². The van der Waals surface area contributed by atoms with E-state index in [1.165, 1.54) is 13.2 Å². The third-order valence-electron chi connectivity index (χ3n) is 2.47. The monoisotopic (exact) mass is 250 g/mol. The number of hydrogen-bond acceptors (Lipinski definition) is 5. The summed E-state index contributed by atoms with van der Waals surface area (Å²) in [6, 6.07) is 5.28. The number of aliphatic hydroxyl groups excluding tert-OH is 1. The van der Waals surface area contributed by atoms with Crippen LogP contribution in [0, 0.1) is 0 Å². The first kappa shape index (κ1) is 12.4. The normalized spacial score (nSPS) is 14.8. The summed E-state index contributed by atoms with van der Waals surface area (Å²) < 4.78 is 15.0. The van der Waals surface area contributed by atoms with Crippen LogP contribution in [0.25, 0.3) is 0 Å². The van der Waals surface area contributed by atoms with Crippen LogP contribution in [0.2, 0.25) is 0 Å². The Morgan fingerprint density at radius 2 is 2.28 bits per heavy atom. The minimum Gasteiger partial charge on any atom is -0.454 e. The molecular formula is C13H14O5. The van der Waals surface area contributed by atoms with Crippen molar-refractivity contribution in [3.05, 3.63) is 36.1 Å². The number of hydrogen-bond donors (Lipinski definition) is 1. The highest BCUT2D eigenvalue weighted by atomic mass is 16.7. The summed E-state index contributed by atoms with van der Waals surface area (Å²) in [4.78, 5) is 10.5. The molecule has 1 heterocycles. The summed E-state index contributed by atoms with van der Waals surface area (Å²) in [6.45, 7) is 1.53. The van der Waals surface area contributed by atoms with Crippen LogP contribution in [0.15, 0.2) is 30.5 Å². The largest absolute Gasteiger partial charge is 0.454 e. The quantitative estimate of drug-likeness (QED) is 0.653. The molecule has 1 aromatic rings. The van der Waals surface area contributed by atoms with Crippen LogP contribution in [0.1, 0.15) is 25.0 Å². The molecule has 0 saturated carbocycles. The Morgan fingerprint density at radius 1 is 1.50 bits per heavy atom. The number of ether oxygens (including phenoxy) is 3. The van der Waals surface area contributed by atoms with E-state index in [2.05, 4.69) is 4.74 Å². The van der Waals surface area contributed by atoms with Gasteiger partial charge in [-0.2, -0.15) is 0 Å². The Balaban J connectivity index is 1.94. The molecule has 0 saturated heterocycles. The Labute approximate surface area is 105 Å². The Hall–Kier alpha value is -2.01. The number of carbonyl (C=O) groups is 1. The van der Waals surface area contributed by atoms with E-state index >= 15 is 0 Å². The van der Waals surface area contributed by atoms with E-state index in [0.717, 1.165) is 5.56 Å². The van der Waals surface area contributed by atoms with Crippen LogP contribution >= 0.6 is 0 Å². The predicted octanol–water partition coefficient (Wildman–Crippen LogP) is 1.92. The molecule has 5 heteroatoms. The SMILES string of the molecule is CC(=O)O/C=C\CC(O)c1ccc2c(c1)OCO2. The average Bonchev–Trinajstić information content (AvgIpc) is 2.81. The van der Waals surface area contributed by atoms with Gasteiger partial charge in [-0.05, 0) is 30.2 Å². The van der Waals surface area contributed by atoms with E-state index in [1.54, 1.807) is 24.3 Å². The van der Waals surface area contributed by atoms with Gasteiger partial charge in [0.15, 0.2) is 11.5 Å². The fourth-order valence-electron chi connectivity index (χ4n) is 1.58. The highest BCUT2D eigenvalue weighted by Gasteiger charge is 2.15. The summed E-state index contributed by atoms with van der Waals surface area (Å²) in [5.74, 6) is 0.931. The third kappa shape index (κ3) is 3.01. The molecule has 0 bridgehead atoms. The van der Waals surface area contributed by atoms with Crippen molar-refractivity contribution >= 4 is 5.97 Å². The van der Waals surface area contributed by atoms with Gasteiger partial charge in [-0.1, -0.05) is 6.07 Å². The van der Waals surface area contributed by atoms with Gasteiger partial charge in [-0.25, -0.2) is 0 Å². The van der Waals surface area contributed by atoms with Gasteiger partial charge < -0.3 is 19.3 Å². The molecule has 0 spiro atoms. The van der Waals surface area contributed by atoms with Gasteiger partial charge in [0.1, 0.15) is 0 Å². The van der Waals surface area contributed by atoms with Crippen LogP contribution in [0.4, 0.5) is 0 Å². The molecule has 1 aliphatic rings. The molecule has 1 N–H and O–H groups in total. The first-order valence-corrected chi connectivity index (χ1v) is 5.56. The van der Waals surface area contributed by atoms with Crippen molar-refractivity contribution in [3.8, 4) is 11.5 Å². The topological polar surface area (TPSA) is 65.0 Å². The third-order valence-corrected chi connectivity index (χ3v) is 2.47. The molecule has 1 aliphatic heterocycles. The van der Waals surface area contributed by atoms with Gasteiger partial charge in [0, 0.05) is 6.92 Å². The van der Waals surface area contributed by atoms with E-state index in [0.29, 0.717) is 17.9 Å². The van der Waals surface area contributed by atoms with Gasteiger partial charge in [-0.3, -0.25) is 4.79 Å².